The number of allylic oxidation sites excluding steroid dienone is 2. The van der Waals surface area contributed by atoms with E-state index < -0.39 is 0 Å². The van der Waals surface area contributed by atoms with Crippen LogP contribution in [0.3, 0.4) is 0 Å². The van der Waals surface area contributed by atoms with Crippen molar-refractivity contribution in [3.05, 3.63) is 144 Å². The third kappa shape index (κ3) is 4.18. The topological polar surface area (TPSA) is 72.5 Å². The normalized spacial score (nSPS) is 12.9. The van der Waals surface area contributed by atoms with E-state index in [1.807, 2.05) is 12.1 Å². The van der Waals surface area contributed by atoms with Gasteiger partial charge >= 0.3 is 0 Å². The highest BCUT2D eigenvalue weighted by molar-refractivity contribution is 6.27. The predicted octanol–water partition coefficient (Wildman–Crippen LogP) is 9.25. The minimum Gasteiger partial charge on any atom is -0.386 e. The van der Waals surface area contributed by atoms with E-state index in [1.165, 1.54) is 43.4 Å². The molecule has 0 bridgehead atoms. The number of nitrogens with one attached hydrogen (secondary N) is 1. The molecule has 44 heavy (non-hydrogen) atoms. The maximum Gasteiger partial charge on any atom is 0.101 e. The highest BCUT2D eigenvalue weighted by atomic mass is 14.8. The van der Waals surface area contributed by atoms with Crippen molar-refractivity contribution in [2.75, 3.05) is 6.54 Å². The zero-order chi connectivity index (χ0) is 29.6. The molecule has 1 aliphatic rings. The van der Waals surface area contributed by atoms with Gasteiger partial charge in [-0.05, 0) is 83.4 Å². The summed E-state index contributed by atoms with van der Waals surface area (Å²) in [5, 5.41) is 29.2. The number of hydrogen-bond donors (Lipinski definition) is 1. The molecule has 0 aliphatic carbocycles. The van der Waals surface area contributed by atoms with E-state index in [0.29, 0.717) is 17.7 Å². The van der Waals surface area contributed by atoms with Gasteiger partial charge in [0.15, 0.2) is 0 Å². The molecule has 8 rings (SSSR count). The van der Waals surface area contributed by atoms with Crippen LogP contribution in [0.1, 0.15) is 11.1 Å². The van der Waals surface area contributed by atoms with E-state index in [4.69, 9.17) is 0 Å². The lowest BCUT2D eigenvalue weighted by Gasteiger charge is -2.17. The second kappa shape index (κ2) is 10.2. The summed E-state index contributed by atoms with van der Waals surface area (Å²) in [5.41, 5.74) is 10.1. The van der Waals surface area contributed by atoms with Crippen LogP contribution in [0.15, 0.2) is 133 Å². The van der Waals surface area contributed by atoms with Gasteiger partial charge in [-0.3, -0.25) is 4.98 Å². The average Bonchev–Trinajstić information content (AvgIpc) is 3.10. The molecule has 2 heterocycles. The number of benzene rings is 6. The molecule has 1 N–H and O–H groups in total. The van der Waals surface area contributed by atoms with Gasteiger partial charge in [-0.25, -0.2) is 0 Å². The second-order valence-corrected chi connectivity index (χ2v) is 11.1. The van der Waals surface area contributed by atoms with Crippen LogP contribution in [0.2, 0.25) is 0 Å². The van der Waals surface area contributed by atoms with E-state index in [9.17, 15) is 10.5 Å². The standard InChI is InChI=1S/C40H24N4/c41-19-25-17-33(23-43-21-25)27-1-5-29(6-2-27)35-13-9-31-12-16-38-36(14-10-32-11-15-37(35)39(31)40(32)38)30-7-3-28(4-8-30)34-18-26(20-42)22-44-24-34/h1-18,21-23,44H,24H2. The smallest absolute Gasteiger partial charge is 0.101 e. The van der Waals surface area contributed by atoms with Gasteiger partial charge in [0, 0.05) is 30.7 Å². The quantitative estimate of drug-likeness (QED) is 0.218. The van der Waals surface area contributed by atoms with Gasteiger partial charge in [0.05, 0.1) is 11.1 Å². The van der Waals surface area contributed by atoms with Gasteiger partial charge in [-0.1, -0.05) is 97.1 Å². The molecule has 0 spiro atoms. The van der Waals surface area contributed by atoms with Crippen LogP contribution in [-0.4, -0.2) is 11.5 Å². The molecule has 7 aromatic rings. The number of rotatable bonds is 4. The number of aromatic nitrogens is 1. The number of nitrogens with zero attached hydrogens (tertiary/aromatic N) is 3. The van der Waals surface area contributed by atoms with Crippen LogP contribution in [-0.2, 0) is 0 Å². The highest BCUT2D eigenvalue weighted by Crippen LogP contribution is 2.42. The van der Waals surface area contributed by atoms with E-state index in [2.05, 4.69) is 120 Å². The van der Waals surface area contributed by atoms with Crippen molar-refractivity contribution in [2.24, 2.45) is 0 Å². The molecular weight excluding hydrogens is 536 g/mol. The van der Waals surface area contributed by atoms with Crippen LogP contribution < -0.4 is 5.32 Å². The summed E-state index contributed by atoms with van der Waals surface area (Å²) in [6, 6.07) is 41.3. The first kappa shape index (κ1) is 25.5. The molecule has 0 fully saturated rings. The third-order valence-corrected chi connectivity index (χ3v) is 8.64. The first-order chi connectivity index (χ1) is 21.7. The molecule has 0 saturated heterocycles. The van der Waals surface area contributed by atoms with Gasteiger partial charge in [-0.15, -0.1) is 0 Å². The fourth-order valence-corrected chi connectivity index (χ4v) is 6.47. The average molecular weight is 561 g/mol. The molecule has 0 radical (unpaired) electrons. The van der Waals surface area contributed by atoms with E-state index in [1.54, 1.807) is 18.6 Å². The Labute approximate surface area is 254 Å². The number of nitriles is 2. The van der Waals surface area contributed by atoms with Gasteiger partial charge in [0.1, 0.15) is 12.1 Å². The van der Waals surface area contributed by atoms with Crippen molar-refractivity contribution in [3.8, 4) is 45.5 Å². The van der Waals surface area contributed by atoms with Crippen LogP contribution in [0, 0.1) is 22.7 Å². The van der Waals surface area contributed by atoms with Crippen LogP contribution >= 0.6 is 0 Å². The Morgan fingerprint density at radius 3 is 1.73 bits per heavy atom. The Hall–Kier alpha value is -6.23. The Kier molecular flexibility index (Phi) is 5.93. The number of dihydropyridines is 1. The van der Waals surface area contributed by atoms with Gasteiger partial charge in [0.2, 0.25) is 0 Å². The Morgan fingerprint density at radius 2 is 1.14 bits per heavy atom. The molecule has 1 aliphatic heterocycles. The van der Waals surface area contributed by atoms with Crippen molar-refractivity contribution < 1.29 is 0 Å². The van der Waals surface area contributed by atoms with Crippen molar-refractivity contribution in [1.29, 1.82) is 10.5 Å². The zero-order valence-corrected chi connectivity index (χ0v) is 23.7. The van der Waals surface area contributed by atoms with Crippen molar-refractivity contribution >= 4 is 37.9 Å². The van der Waals surface area contributed by atoms with E-state index >= 15 is 0 Å². The molecule has 0 atom stereocenters. The monoisotopic (exact) mass is 560 g/mol. The van der Waals surface area contributed by atoms with Crippen LogP contribution in [0.25, 0.3) is 71.3 Å². The lowest BCUT2D eigenvalue weighted by atomic mass is 9.87. The minimum atomic E-state index is 0.555. The maximum atomic E-state index is 9.30. The number of hydrogen-bond acceptors (Lipinski definition) is 4. The third-order valence-electron chi connectivity index (χ3n) is 8.64. The summed E-state index contributed by atoms with van der Waals surface area (Å²) in [4.78, 5) is 4.22. The van der Waals surface area contributed by atoms with Crippen molar-refractivity contribution in [3.63, 3.8) is 0 Å². The fraction of sp³-hybridized carbons (Fsp3) is 0.0250. The fourth-order valence-electron chi connectivity index (χ4n) is 6.47. The minimum absolute atomic E-state index is 0.555. The zero-order valence-electron chi connectivity index (χ0n) is 23.7. The molecular formula is C40H24N4. The lowest BCUT2D eigenvalue weighted by molar-refractivity contribution is 0.977. The summed E-state index contributed by atoms with van der Waals surface area (Å²) in [5.74, 6) is 0. The predicted molar refractivity (Wildman–Crippen MR) is 179 cm³/mol. The molecule has 6 aromatic carbocycles. The summed E-state index contributed by atoms with van der Waals surface area (Å²) >= 11 is 0. The van der Waals surface area contributed by atoms with Crippen LogP contribution in [0.5, 0.6) is 0 Å². The first-order valence-electron chi connectivity index (χ1n) is 14.5. The molecule has 1 aromatic heterocycles. The SMILES string of the molecule is N#CC1=CNCC(c2ccc(-c3ccc4ccc5c(-c6ccc(-c7cncc(C#N)c7)cc6)ccc6ccc3c4c65)cc2)=C1. The Morgan fingerprint density at radius 1 is 0.568 bits per heavy atom. The molecule has 0 amide bonds. The Bertz CT molecular complexity index is 2380. The summed E-state index contributed by atoms with van der Waals surface area (Å²) in [7, 11) is 0. The molecule has 4 heteroatoms. The Balaban J connectivity index is 1.22. The molecule has 204 valence electrons. The number of pyridine rings is 1. The van der Waals surface area contributed by atoms with Crippen molar-refractivity contribution in [1.82, 2.24) is 10.3 Å². The van der Waals surface area contributed by atoms with Crippen molar-refractivity contribution in [2.45, 2.75) is 0 Å². The van der Waals surface area contributed by atoms with Gasteiger partial charge < -0.3 is 5.32 Å². The van der Waals surface area contributed by atoms with Crippen LogP contribution in [0.4, 0.5) is 0 Å². The summed E-state index contributed by atoms with van der Waals surface area (Å²) in [6.45, 7) is 0.708. The van der Waals surface area contributed by atoms with E-state index in [0.717, 1.165) is 33.4 Å². The molecule has 0 saturated carbocycles. The highest BCUT2D eigenvalue weighted by Gasteiger charge is 2.15. The first-order valence-corrected chi connectivity index (χ1v) is 14.5. The molecule has 0 unspecified atom stereocenters. The summed E-state index contributed by atoms with van der Waals surface area (Å²) < 4.78 is 0. The lowest BCUT2D eigenvalue weighted by Crippen LogP contribution is -2.13. The van der Waals surface area contributed by atoms with E-state index in [-0.39, 0.29) is 0 Å². The molecule has 4 nitrogen and oxygen atoms in total. The van der Waals surface area contributed by atoms with Gasteiger partial charge in [-0.2, -0.15) is 10.5 Å². The maximum absolute atomic E-state index is 9.30. The summed E-state index contributed by atoms with van der Waals surface area (Å²) in [6.07, 6.45) is 7.09. The van der Waals surface area contributed by atoms with Gasteiger partial charge in [0.25, 0.3) is 0 Å². The largest absolute Gasteiger partial charge is 0.386 e. The second-order valence-electron chi connectivity index (χ2n) is 11.1.